The van der Waals surface area contributed by atoms with Crippen molar-refractivity contribution >= 4 is 15.9 Å². The van der Waals surface area contributed by atoms with Gasteiger partial charge in [0, 0.05) is 6.04 Å². The number of unbranched alkanes of at least 4 members (excludes halogenated alkanes) is 1. The van der Waals surface area contributed by atoms with Gasteiger partial charge in [-0.05, 0) is 52.9 Å². The number of hydrazine groups is 1. The van der Waals surface area contributed by atoms with Crippen LogP contribution in [-0.2, 0) is 0 Å². The monoisotopic (exact) mass is 298 g/mol. The number of rotatable bonds is 7. The van der Waals surface area contributed by atoms with Crippen molar-refractivity contribution in [3.8, 4) is 5.75 Å². The number of hydrogen-bond acceptors (Lipinski definition) is 3. The molecule has 0 aliphatic carbocycles. The van der Waals surface area contributed by atoms with Crippen LogP contribution in [0.25, 0.3) is 0 Å². The first-order chi connectivity index (χ1) is 8.22. The largest absolute Gasteiger partial charge is 0.496 e. The third kappa shape index (κ3) is 4.15. The maximum absolute atomic E-state index is 5.59. The molecule has 0 fully saturated rings. The van der Waals surface area contributed by atoms with E-state index in [1.807, 2.05) is 24.3 Å². The number of allylic oxidation sites excluding steroid dienone is 1. The molecule has 0 aromatic heterocycles. The molecular formula is C13H19BrN2O. The molecule has 0 amide bonds. The van der Waals surface area contributed by atoms with Gasteiger partial charge >= 0.3 is 0 Å². The van der Waals surface area contributed by atoms with E-state index in [0.717, 1.165) is 35.0 Å². The molecule has 1 aromatic carbocycles. The Balaban J connectivity index is 2.74. The zero-order chi connectivity index (χ0) is 12.7. The molecule has 3 nitrogen and oxygen atoms in total. The molecule has 0 aliphatic rings. The van der Waals surface area contributed by atoms with Crippen molar-refractivity contribution < 1.29 is 4.74 Å². The Morgan fingerprint density at radius 2 is 2.35 bits per heavy atom. The fourth-order valence-corrected chi connectivity index (χ4v) is 2.27. The highest BCUT2D eigenvalue weighted by Gasteiger charge is 2.11. The zero-order valence-corrected chi connectivity index (χ0v) is 11.7. The molecule has 0 aliphatic heterocycles. The van der Waals surface area contributed by atoms with E-state index in [-0.39, 0.29) is 6.04 Å². The zero-order valence-electron chi connectivity index (χ0n) is 10.1. The van der Waals surface area contributed by atoms with Crippen molar-refractivity contribution in [1.82, 2.24) is 5.43 Å². The Bertz CT molecular complexity index is 368. The number of ether oxygens (including phenoxy) is 1. The summed E-state index contributed by atoms with van der Waals surface area (Å²) in [4.78, 5) is 0. The maximum Gasteiger partial charge on any atom is 0.133 e. The Labute approximate surface area is 111 Å². The molecule has 0 spiro atoms. The van der Waals surface area contributed by atoms with Gasteiger partial charge in [0.15, 0.2) is 0 Å². The summed E-state index contributed by atoms with van der Waals surface area (Å²) >= 11 is 3.48. The summed E-state index contributed by atoms with van der Waals surface area (Å²) in [6.45, 7) is 3.72. The molecular weight excluding hydrogens is 280 g/mol. The molecule has 0 saturated carbocycles. The number of nitrogens with two attached hydrogens (primary N) is 1. The van der Waals surface area contributed by atoms with E-state index in [1.165, 1.54) is 0 Å². The minimum absolute atomic E-state index is 0.164. The van der Waals surface area contributed by atoms with E-state index < -0.39 is 0 Å². The van der Waals surface area contributed by atoms with Crippen LogP contribution in [0, 0.1) is 0 Å². The van der Waals surface area contributed by atoms with Crippen LogP contribution < -0.4 is 16.0 Å². The van der Waals surface area contributed by atoms with Crippen LogP contribution in [0.15, 0.2) is 35.3 Å². The molecule has 0 saturated heterocycles. The molecule has 0 bridgehead atoms. The van der Waals surface area contributed by atoms with Crippen LogP contribution in [0.4, 0.5) is 0 Å². The molecule has 1 aromatic rings. The van der Waals surface area contributed by atoms with Gasteiger partial charge in [-0.3, -0.25) is 11.3 Å². The van der Waals surface area contributed by atoms with E-state index in [9.17, 15) is 0 Å². The minimum atomic E-state index is 0.164. The van der Waals surface area contributed by atoms with Gasteiger partial charge in [0.25, 0.3) is 0 Å². The SMILES string of the molecule is C=CCCCC(NN)c1ccc(OC)c(Br)c1. The van der Waals surface area contributed by atoms with Crippen molar-refractivity contribution in [3.63, 3.8) is 0 Å². The molecule has 3 N–H and O–H groups in total. The van der Waals surface area contributed by atoms with Crippen molar-refractivity contribution in [2.75, 3.05) is 7.11 Å². The number of methoxy groups -OCH3 is 1. The van der Waals surface area contributed by atoms with Crippen LogP contribution in [0.1, 0.15) is 30.9 Å². The fraction of sp³-hybridized carbons (Fsp3) is 0.385. The summed E-state index contributed by atoms with van der Waals surface area (Å²) in [6.07, 6.45) is 5.00. The highest BCUT2D eigenvalue weighted by atomic mass is 79.9. The summed E-state index contributed by atoms with van der Waals surface area (Å²) in [5, 5.41) is 0. The topological polar surface area (TPSA) is 47.3 Å². The number of benzene rings is 1. The van der Waals surface area contributed by atoms with Gasteiger partial charge in [-0.25, -0.2) is 0 Å². The fourth-order valence-electron chi connectivity index (χ4n) is 1.71. The van der Waals surface area contributed by atoms with Gasteiger partial charge in [-0.15, -0.1) is 6.58 Å². The van der Waals surface area contributed by atoms with Gasteiger partial charge in [0.05, 0.1) is 11.6 Å². The molecule has 94 valence electrons. The van der Waals surface area contributed by atoms with Gasteiger partial charge < -0.3 is 4.74 Å². The Kier molecular flexibility index (Phi) is 6.26. The second-order valence-corrected chi connectivity index (χ2v) is 4.69. The number of nitrogens with one attached hydrogen (secondary N) is 1. The van der Waals surface area contributed by atoms with E-state index in [2.05, 4.69) is 27.9 Å². The van der Waals surface area contributed by atoms with Crippen LogP contribution in [0.5, 0.6) is 5.75 Å². The van der Waals surface area contributed by atoms with Gasteiger partial charge in [-0.1, -0.05) is 12.1 Å². The smallest absolute Gasteiger partial charge is 0.133 e. The minimum Gasteiger partial charge on any atom is -0.496 e. The average Bonchev–Trinajstić information content (AvgIpc) is 2.35. The predicted molar refractivity (Wildman–Crippen MR) is 74.8 cm³/mol. The highest BCUT2D eigenvalue weighted by molar-refractivity contribution is 9.10. The molecule has 0 heterocycles. The first-order valence-corrected chi connectivity index (χ1v) is 6.42. The molecule has 17 heavy (non-hydrogen) atoms. The predicted octanol–water partition coefficient (Wildman–Crippen LogP) is 3.32. The third-order valence-electron chi connectivity index (χ3n) is 2.68. The van der Waals surface area contributed by atoms with Crippen molar-refractivity contribution in [2.45, 2.75) is 25.3 Å². The second kappa shape index (κ2) is 7.48. The van der Waals surface area contributed by atoms with Crippen LogP contribution in [-0.4, -0.2) is 7.11 Å². The highest BCUT2D eigenvalue weighted by Crippen LogP contribution is 2.29. The molecule has 4 heteroatoms. The van der Waals surface area contributed by atoms with E-state index in [1.54, 1.807) is 7.11 Å². The number of hydrogen-bond donors (Lipinski definition) is 2. The van der Waals surface area contributed by atoms with E-state index in [0.29, 0.717) is 0 Å². The van der Waals surface area contributed by atoms with Crippen LogP contribution in [0.3, 0.4) is 0 Å². The normalized spacial score (nSPS) is 12.2. The van der Waals surface area contributed by atoms with Gasteiger partial charge in [0.1, 0.15) is 5.75 Å². The summed E-state index contributed by atoms with van der Waals surface area (Å²) < 4.78 is 6.15. The van der Waals surface area contributed by atoms with Crippen LogP contribution in [0.2, 0.25) is 0 Å². The summed E-state index contributed by atoms with van der Waals surface area (Å²) in [5.74, 6) is 6.41. The lowest BCUT2D eigenvalue weighted by atomic mass is 10.0. The Morgan fingerprint density at radius 3 is 2.88 bits per heavy atom. The van der Waals surface area contributed by atoms with Gasteiger partial charge in [0.2, 0.25) is 0 Å². The Hall–Kier alpha value is -0.840. The van der Waals surface area contributed by atoms with Crippen LogP contribution >= 0.6 is 15.9 Å². The standard InChI is InChI=1S/C13H19BrN2O/c1-3-4-5-6-12(16-15)10-7-8-13(17-2)11(14)9-10/h3,7-9,12,16H,1,4-6,15H2,2H3. The van der Waals surface area contributed by atoms with Crippen molar-refractivity contribution in [1.29, 1.82) is 0 Å². The van der Waals surface area contributed by atoms with E-state index in [4.69, 9.17) is 10.6 Å². The molecule has 1 unspecified atom stereocenters. The first-order valence-electron chi connectivity index (χ1n) is 5.63. The van der Waals surface area contributed by atoms with E-state index >= 15 is 0 Å². The summed E-state index contributed by atoms with van der Waals surface area (Å²) in [5.41, 5.74) is 4.00. The van der Waals surface area contributed by atoms with Crippen molar-refractivity contribution in [2.24, 2.45) is 5.84 Å². The lowest BCUT2D eigenvalue weighted by molar-refractivity contribution is 0.411. The molecule has 0 radical (unpaired) electrons. The second-order valence-electron chi connectivity index (χ2n) is 3.83. The molecule has 1 atom stereocenters. The lowest BCUT2D eigenvalue weighted by Crippen LogP contribution is -2.27. The molecule has 1 rings (SSSR count). The third-order valence-corrected chi connectivity index (χ3v) is 3.30. The number of halogens is 1. The summed E-state index contributed by atoms with van der Waals surface area (Å²) in [6, 6.07) is 6.17. The van der Waals surface area contributed by atoms with Crippen molar-refractivity contribution in [3.05, 3.63) is 40.9 Å². The maximum atomic E-state index is 5.59. The first kappa shape index (κ1) is 14.2. The average molecular weight is 299 g/mol. The van der Waals surface area contributed by atoms with Gasteiger partial charge in [-0.2, -0.15) is 0 Å². The Morgan fingerprint density at radius 1 is 1.59 bits per heavy atom. The quantitative estimate of drug-likeness (QED) is 0.351. The lowest BCUT2D eigenvalue weighted by Gasteiger charge is -2.17. The summed E-state index contributed by atoms with van der Waals surface area (Å²) in [7, 11) is 1.66.